The number of methoxy groups -OCH3 is 1. The quantitative estimate of drug-likeness (QED) is 0.293. The molecule has 0 unspecified atom stereocenters. The Morgan fingerprint density at radius 3 is 2.33 bits per heavy atom. The molecule has 0 radical (unpaired) electrons. The summed E-state index contributed by atoms with van der Waals surface area (Å²) >= 11 is 9.65. The molecule has 8 nitrogen and oxygen atoms in total. The first-order valence-electron chi connectivity index (χ1n) is 12.3. The fourth-order valence-corrected chi connectivity index (χ4v) is 5.72. The number of sulfonamides is 1. The summed E-state index contributed by atoms with van der Waals surface area (Å²) in [6.07, 6.45) is 0.733. The fraction of sp³-hybridized carbons (Fsp3) is 0.286. The first kappa shape index (κ1) is 30.5. The van der Waals surface area contributed by atoms with E-state index < -0.39 is 28.5 Å². The van der Waals surface area contributed by atoms with Gasteiger partial charge in [-0.05, 0) is 61.4 Å². The van der Waals surface area contributed by atoms with Gasteiger partial charge in [0.05, 0.1) is 17.7 Å². The van der Waals surface area contributed by atoms with E-state index in [4.69, 9.17) is 16.3 Å². The number of hydrogen-bond acceptors (Lipinski definition) is 5. The maximum atomic E-state index is 13.9. The maximum absolute atomic E-state index is 13.9. The summed E-state index contributed by atoms with van der Waals surface area (Å²) < 4.78 is 35.0. The summed E-state index contributed by atoms with van der Waals surface area (Å²) in [5.41, 5.74) is 0.883. The molecule has 0 saturated carbocycles. The number of carbonyl (C=O) groups is 2. The highest BCUT2D eigenvalue weighted by molar-refractivity contribution is 9.10. The van der Waals surface area contributed by atoms with E-state index in [0.29, 0.717) is 6.54 Å². The minimum atomic E-state index is -4.23. The second kappa shape index (κ2) is 13.8. The van der Waals surface area contributed by atoms with Crippen molar-refractivity contribution in [1.82, 2.24) is 10.2 Å². The van der Waals surface area contributed by atoms with E-state index in [9.17, 15) is 18.0 Å². The maximum Gasteiger partial charge on any atom is 0.264 e. The first-order chi connectivity index (χ1) is 18.6. The van der Waals surface area contributed by atoms with E-state index in [0.717, 1.165) is 20.8 Å². The number of hydrogen-bond donors (Lipinski definition) is 1. The van der Waals surface area contributed by atoms with Crippen LogP contribution in [-0.4, -0.2) is 51.4 Å². The van der Waals surface area contributed by atoms with Crippen molar-refractivity contribution in [3.63, 3.8) is 0 Å². The van der Waals surface area contributed by atoms with Crippen molar-refractivity contribution in [2.75, 3.05) is 24.5 Å². The molecule has 0 saturated heterocycles. The van der Waals surface area contributed by atoms with Crippen LogP contribution in [0.25, 0.3) is 0 Å². The Hall–Kier alpha value is -3.08. The van der Waals surface area contributed by atoms with Gasteiger partial charge in [0, 0.05) is 22.6 Å². The van der Waals surface area contributed by atoms with Crippen LogP contribution in [0, 0.1) is 0 Å². The van der Waals surface area contributed by atoms with Gasteiger partial charge in [0.2, 0.25) is 11.8 Å². The van der Waals surface area contributed by atoms with Crippen LogP contribution in [0.2, 0.25) is 5.02 Å². The minimum absolute atomic E-state index is 0.00646. The molecule has 0 aromatic heterocycles. The molecule has 11 heteroatoms. The number of benzene rings is 3. The molecule has 3 rings (SSSR count). The number of anilines is 1. The molecule has 3 aromatic carbocycles. The molecule has 0 heterocycles. The zero-order valence-corrected chi connectivity index (χ0v) is 25.1. The van der Waals surface area contributed by atoms with Crippen LogP contribution < -0.4 is 14.4 Å². The van der Waals surface area contributed by atoms with E-state index in [-0.39, 0.29) is 33.8 Å². The van der Waals surface area contributed by atoms with Crippen LogP contribution in [0.15, 0.2) is 82.2 Å². The van der Waals surface area contributed by atoms with E-state index in [1.807, 2.05) is 31.2 Å². The van der Waals surface area contributed by atoms with Crippen LogP contribution in [0.4, 0.5) is 5.69 Å². The molecule has 2 amide bonds. The standard InChI is InChI=1S/C28H31BrClN3O5S/c1-4-16-31-28(35)20(2)32(18-21-10-12-22(29)13-11-21)27(34)19-33(25-17-23(30)14-15-26(25)38-3)39(36,37)24-8-6-5-7-9-24/h5-15,17,20H,4,16,18-19H2,1-3H3,(H,31,35)/t20-/m0/s1. The molecule has 208 valence electrons. The summed E-state index contributed by atoms with van der Waals surface area (Å²) in [4.78, 5) is 28.2. The third-order valence-corrected chi connectivity index (χ3v) is 8.54. The molecule has 39 heavy (non-hydrogen) atoms. The molecule has 0 aliphatic carbocycles. The molecule has 0 bridgehead atoms. The molecule has 0 fully saturated rings. The normalized spacial score (nSPS) is 11.9. The molecule has 0 spiro atoms. The monoisotopic (exact) mass is 635 g/mol. The Morgan fingerprint density at radius 2 is 1.72 bits per heavy atom. The van der Waals surface area contributed by atoms with Crippen LogP contribution in [0.5, 0.6) is 5.75 Å². The number of halogens is 2. The largest absolute Gasteiger partial charge is 0.495 e. The smallest absolute Gasteiger partial charge is 0.264 e. The first-order valence-corrected chi connectivity index (χ1v) is 14.9. The minimum Gasteiger partial charge on any atom is -0.495 e. The van der Waals surface area contributed by atoms with Crippen LogP contribution in [0.1, 0.15) is 25.8 Å². The van der Waals surface area contributed by atoms with E-state index >= 15 is 0 Å². The third kappa shape index (κ3) is 7.74. The number of carbonyl (C=O) groups excluding carboxylic acids is 2. The number of rotatable bonds is 12. The van der Waals surface area contributed by atoms with Gasteiger partial charge >= 0.3 is 0 Å². The fourth-order valence-electron chi connectivity index (χ4n) is 3.86. The average molecular weight is 637 g/mol. The predicted octanol–water partition coefficient (Wildman–Crippen LogP) is 5.25. The SMILES string of the molecule is CCCNC(=O)[C@H](C)N(Cc1ccc(Br)cc1)C(=O)CN(c1cc(Cl)ccc1OC)S(=O)(=O)c1ccccc1. The van der Waals surface area contributed by atoms with Crippen molar-refractivity contribution in [2.24, 2.45) is 0 Å². The Bertz CT molecular complexity index is 1390. The Balaban J connectivity index is 2.07. The van der Waals surface area contributed by atoms with Gasteiger partial charge in [-0.1, -0.05) is 64.8 Å². The predicted molar refractivity (Wildman–Crippen MR) is 156 cm³/mol. The second-order valence-corrected chi connectivity index (χ2v) is 12.0. The van der Waals surface area contributed by atoms with Crippen molar-refractivity contribution >= 4 is 55.1 Å². The summed E-state index contributed by atoms with van der Waals surface area (Å²) in [6.45, 7) is 3.52. The van der Waals surface area contributed by atoms with Gasteiger partial charge in [-0.15, -0.1) is 0 Å². The molecule has 0 aliphatic heterocycles. The molecule has 1 atom stereocenters. The highest BCUT2D eigenvalue weighted by Crippen LogP contribution is 2.35. The number of nitrogens with one attached hydrogen (secondary N) is 1. The summed E-state index contributed by atoms with van der Waals surface area (Å²) in [6, 6.07) is 18.8. The van der Waals surface area contributed by atoms with Crippen molar-refractivity contribution in [3.05, 3.63) is 87.9 Å². The van der Waals surface area contributed by atoms with Gasteiger partial charge in [-0.25, -0.2) is 8.42 Å². The van der Waals surface area contributed by atoms with Crippen LogP contribution in [-0.2, 0) is 26.2 Å². The molecule has 1 N–H and O–H groups in total. The van der Waals surface area contributed by atoms with E-state index in [2.05, 4.69) is 21.2 Å². The van der Waals surface area contributed by atoms with E-state index in [1.54, 1.807) is 31.2 Å². The highest BCUT2D eigenvalue weighted by Gasteiger charge is 2.33. The summed E-state index contributed by atoms with van der Waals surface area (Å²) in [5, 5.41) is 3.09. The Labute approximate surface area is 243 Å². The summed E-state index contributed by atoms with van der Waals surface area (Å²) in [7, 11) is -2.83. The molecule has 3 aromatic rings. The third-order valence-electron chi connectivity index (χ3n) is 6.00. The lowest BCUT2D eigenvalue weighted by atomic mass is 10.1. The zero-order valence-electron chi connectivity index (χ0n) is 21.9. The van der Waals surface area contributed by atoms with Crippen molar-refractivity contribution in [1.29, 1.82) is 0 Å². The van der Waals surface area contributed by atoms with Crippen LogP contribution in [0.3, 0.4) is 0 Å². The Morgan fingerprint density at radius 1 is 1.05 bits per heavy atom. The van der Waals surface area contributed by atoms with E-state index in [1.165, 1.54) is 36.3 Å². The van der Waals surface area contributed by atoms with Crippen LogP contribution >= 0.6 is 27.5 Å². The number of nitrogens with zero attached hydrogens (tertiary/aromatic N) is 2. The topological polar surface area (TPSA) is 96.0 Å². The number of amides is 2. The van der Waals surface area contributed by atoms with Crippen molar-refractivity contribution < 1.29 is 22.7 Å². The lowest BCUT2D eigenvalue weighted by molar-refractivity contribution is -0.139. The van der Waals surface area contributed by atoms with Crippen molar-refractivity contribution in [2.45, 2.75) is 37.8 Å². The second-order valence-electron chi connectivity index (χ2n) is 8.76. The van der Waals surface area contributed by atoms with Gasteiger partial charge in [0.1, 0.15) is 18.3 Å². The van der Waals surface area contributed by atoms with Gasteiger partial charge in [0.25, 0.3) is 10.0 Å². The number of ether oxygens (including phenoxy) is 1. The van der Waals surface area contributed by atoms with Gasteiger partial charge < -0.3 is 15.0 Å². The van der Waals surface area contributed by atoms with Crippen molar-refractivity contribution in [3.8, 4) is 5.75 Å². The lowest BCUT2D eigenvalue weighted by Crippen LogP contribution is -2.51. The average Bonchev–Trinajstić information content (AvgIpc) is 2.94. The van der Waals surface area contributed by atoms with Gasteiger partial charge in [-0.3, -0.25) is 13.9 Å². The van der Waals surface area contributed by atoms with Gasteiger partial charge in [-0.2, -0.15) is 0 Å². The highest BCUT2D eigenvalue weighted by atomic mass is 79.9. The Kier molecular flexibility index (Phi) is 10.8. The summed E-state index contributed by atoms with van der Waals surface area (Å²) in [5.74, 6) is -0.682. The zero-order chi connectivity index (χ0) is 28.6. The molecular formula is C28H31BrClN3O5S. The molecular weight excluding hydrogens is 606 g/mol. The molecule has 0 aliphatic rings. The van der Waals surface area contributed by atoms with Gasteiger partial charge in [0.15, 0.2) is 0 Å². The lowest BCUT2D eigenvalue weighted by Gasteiger charge is -2.32.